The zero-order valence-corrected chi connectivity index (χ0v) is 12.9. The van der Waals surface area contributed by atoms with Crippen LogP contribution in [0.5, 0.6) is 0 Å². The second kappa shape index (κ2) is 8.05. The van der Waals surface area contributed by atoms with E-state index in [-0.39, 0.29) is 17.2 Å². The molecule has 0 aliphatic rings. The second-order valence-corrected chi connectivity index (χ2v) is 5.05. The van der Waals surface area contributed by atoms with Gasteiger partial charge in [-0.05, 0) is 18.2 Å². The van der Waals surface area contributed by atoms with E-state index in [9.17, 15) is 14.9 Å². The first-order valence-corrected chi connectivity index (χ1v) is 7.42. The topological polar surface area (TPSA) is 84.3 Å². The zero-order valence-electron chi connectivity index (χ0n) is 12.9. The van der Waals surface area contributed by atoms with E-state index in [0.29, 0.717) is 18.7 Å². The molecule has 120 valence electrons. The highest BCUT2D eigenvalue weighted by atomic mass is 16.6. The lowest BCUT2D eigenvalue weighted by Crippen LogP contribution is -2.23. The van der Waals surface area contributed by atoms with Gasteiger partial charge in [0.15, 0.2) is 0 Å². The van der Waals surface area contributed by atoms with Crippen LogP contribution >= 0.6 is 0 Å². The van der Waals surface area contributed by atoms with Crippen LogP contribution in [0.4, 0.5) is 5.69 Å². The summed E-state index contributed by atoms with van der Waals surface area (Å²) in [5.74, 6) is -0.327. The van der Waals surface area contributed by atoms with Gasteiger partial charge in [0.1, 0.15) is 0 Å². The van der Waals surface area contributed by atoms with Crippen LogP contribution in [0.1, 0.15) is 28.4 Å². The van der Waals surface area contributed by atoms with E-state index in [0.717, 1.165) is 12.1 Å². The molecular formula is C17H19N3O3. The third-order valence-electron chi connectivity index (χ3n) is 3.41. The van der Waals surface area contributed by atoms with Gasteiger partial charge in [0.05, 0.1) is 4.92 Å². The number of benzene rings is 2. The van der Waals surface area contributed by atoms with Crippen molar-refractivity contribution in [3.8, 4) is 0 Å². The van der Waals surface area contributed by atoms with Gasteiger partial charge in [0.2, 0.25) is 0 Å². The Kier molecular flexibility index (Phi) is 5.82. The molecule has 0 unspecified atom stereocenters. The van der Waals surface area contributed by atoms with Crippen molar-refractivity contribution in [2.75, 3.05) is 6.54 Å². The minimum absolute atomic E-state index is 0.0432. The number of hydrogen-bond donors (Lipinski definition) is 2. The monoisotopic (exact) mass is 313 g/mol. The third-order valence-corrected chi connectivity index (χ3v) is 3.41. The normalized spacial score (nSPS) is 10.3. The van der Waals surface area contributed by atoms with Crippen LogP contribution in [0, 0.1) is 10.1 Å². The standard InChI is InChI=1S/C17H19N3O3/c1-2-18-12-15-9-8-14(10-16(15)20(22)23)17(21)19-11-13-6-4-3-5-7-13/h3-10,18H,2,11-12H2,1H3,(H,19,21). The van der Waals surface area contributed by atoms with Crippen molar-refractivity contribution in [3.63, 3.8) is 0 Å². The summed E-state index contributed by atoms with van der Waals surface area (Å²) in [5, 5.41) is 17.0. The van der Waals surface area contributed by atoms with Crippen LogP contribution in [-0.2, 0) is 13.1 Å². The molecule has 0 aliphatic heterocycles. The minimum Gasteiger partial charge on any atom is -0.348 e. The van der Waals surface area contributed by atoms with Gasteiger partial charge in [0, 0.05) is 30.3 Å². The summed E-state index contributed by atoms with van der Waals surface area (Å²) in [7, 11) is 0. The minimum atomic E-state index is -0.458. The summed E-state index contributed by atoms with van der Waals surface area (Å²) in [6.45, 7) is 3.43. The number of nitro groups is 1. The molecule has 6 heteroatoms. The first-order valence-electron chi connectivity index (χ1n) is 7.42. The lowest BCUT2D eigenvalue weighted by molar-refractivity contribution is -0.385. The summed E-state index contributed by atoms with van der Waals surface area (Å²) in [6, 6.07) is 14.1. The van der Waals surface area contributed by atoms with Crippen molar-refractivity contribution in [1.29, 1.82) is 0 Å². The number of rotatable bonds is 7. The number of nitrogens with one attached hydrogen (secondary N) is 2. The molecule has 23 heavy (non-hydrogen) atoms. The summed E-state index contributed by atoms with van der Waals surface area (Å²) >= 11 is 0. The Morgan fingerprint density at radius 2 is 1.87 bits per heavy atom. The zero-order chi connectivity index (χ0) is 16.7. The molecule has 6 nitrogen and oxygen atoms in total. The van der Waals surface area contributed by atoms with Gasteiger partial charge in [-0.3, -0.25) is 14.9 Å². The molecular weight excluding hydrogens is 294 g/mol. The van der Waals surface area contributed by atoms with Crippen molar-refractivity contribution in [2.45, 2.75) is 20.0 Å². The molecule has 0 fully saturated rings. The molecule has 0 bridgehead atoms. The molecule has 0 aliphatic carbocycles. The molecule has 0 spiro atoms. The van der Waals surface area contributed by atoms with Crippen molar-refractivity contribution >= 4 is 11.6 Å². The number of nitro benzene ring substituents is 1. The van der Waals surface area contributed by atoms with Gasteiger partial charge in [0.25, 0.3) is 11.6 Å². The number of carbonyl (C=O) groups is 1. The van der Waals surface area contributed by atoms with E-state index in [1.54, 1.807) is 12.1 Å². The smallest absolute Gasteiger partial charge is 0.274 e. The van der Waals surface area contributed by atoms with Crippen LogP contribution in [-0.4, -0.2) is 17.4 Å². The number of nitrogens with zero attached hydrogens (tertiary/aromatic N) is 1. The summed E-state index contributed by atoms with van der Waals surface area (Å²) in [6.07, 6.45) is 0. The second-order valence-electron chi connectivity index (χ2n) is 5.05. The van der Waals surface area contributed by atoms with E-state index in [1.807, 2.05) is 37.3 Å². The lowest BCUT2D eigenvalue weighted by atomic mass is 10.1. The average Bonchev–Trinajstić information content (AvgIpc) is 2.58. The predicted molar refractivity (Wildman–Crippen MR) is 88.1 cm³/mol. The Bertz CT molecular complexity index is 687. The van der Waals surface area contributed by atoms with Gasteiger partial charge in [-0.1, -0.05) is 43.3 Å². The maximum atomic E-state index is 12.2. The Hall–Kier alpha value is -2.73. The van der Waals surface area contributed by atoms with Crippen molar-refractivity contribution in [1.82, 2.24) is 10.6 Å². The Morgan fingerprint density at radius 1 is 1.13 bits per heavy atom. The predicted octanol–water partition coefficient (Wildman–Crippen LogP) is 2.63. The fourth-order valence-electron chi connectivity index (χ4n) is 2.16. The fourth-order valence-corrected chi connectivity index (χ4v) is 2.16. The van der Waals surface area contributed by atoms with Crippen molar-refractivity contribution in [3.05, 3.63) is 75.3 Å². The number of hydrogen-bond acceptors (Lipinski definition) is 4. The quantitative estimate of drug-likeness (QED) is 0.608. The fraction of sp³-hybridized carbons (Fsp3) is 0.235. The third kappa shape index (κ3) is 4.62. The van der Waals surface area contributed by atoms with Gasteiger partial charge in [-0.2, -0.15) is 0 Å². The van der Waals surface area contributed by atoms with Gasteiger partial charge < -0.3 is 10.6 Å². The number of amides is 1. The van der Waals surface area contributed by atoms with Gasteiger partial charge >= 0.3 is 0 Å². The van der Waals surface area contributed by atoms with Crippen LogP contribution in [0.15, 0.2) is 48.5 Å². The van der Waals surface area contributed by atoms with Gasteiger partial charge in [-0.15, -0.1) is 0 Å². The maximum absolute atomic E-state index is 12.2. The first kappa shape index (κ1) is 16.6. The molecule has 2 aromatic carbocycles. The lowest BCUT2D eigenvalue weighted by Gasteiger charge is -2.08. The molecule has 2 N–H and O–H groups in total. The molecule has 2 rings (SSSR count). The van der Waals surface area contributed by atoms with Crippen molar-refractivity contribution < 1.29 is 9.72 Å². The average molecular weight is 313 g/mol. The highest BCUT2D eigenvalue weighted by Gasteiger charge is 2.17. The highest BCUT2D eigenvalue weighted by Crippen LogP contribution is 2.20. The summed E-state index contributed by atoms with van der Waals surface area (Å²) < 4.78 is 0. The Balaban J connectivity index is 2.11. The number of carbonyl (C=O) groups excluding carboxylic acids is 1. The van der Waals surface area contributed by atoms with E-state index < -0.39 is 4.92 Å². The van der Waals surface area contributed by atoms with Crippen LogP contribution in [0.3, 0.4) is 0 Å². The van der Waals surface area contributed by atoms with Crippen LogP contribution in [0.2, 0.25) is 0 Å². The highest BCUT2D eigenvalue weighted by molar-refractivity contribution is 5.94. The molecule has 0 aromatic heterocycles. The molecule has 2 aromatic rings. The molecule has 0 saturated carbocycles. The van der Waals surface area contributed by atoms with E-state index >= 15 is 0 Å². The Labute approximate surface area is 134 Å². The largest absolute Gasteiger partial charge is 0.348 e. The Morgan fingerprint density at radius 3 is 2.52 bits per heavy atom. The van der Waals surface area contributed by atoms with Crippen molar-refractivity contribution in [2.24, 2.45) is 0 Å². The molecule has 1 amide bonds. The molecule has 0 heterocycles. The van der Waals surface area contributed by atoms with Gasteiger partial charge in [-0.25, -0.2) is 0 Å². The molecule has 0 atom stereocenters. The maximum Gasteiger partial charge on any atom is 0.274 e. The van der Waals surface area contributed by atoms with E-state index in [1.165, 1.54) is 6.07 Å². The summed E-state index contributed by atoms with van der Waals surface area (Å²) in [5.41, 5.74) is 1.78. The van der Waals surface area contributed by atoms with Crippen LogP contribution in [0.25, 0.3) is 0 Å². The van der Waals surface area contributed by atoms with Crippen LogP contribution < -0.4 is 10.6 Å². The molecule has 0 radical (unpaired) electrons. The SMILES string of the molecule is CCNCc1ccc(C(=O)NCc2ccccc2)cc1[N+](=O)[O-]. The first-order chi connectivity index (χ1) is 11.1. The molecule has 0 saturated heterocycles. The van der Waals surface area contributed by atoms with E-state index in [4.69, 9.17) is 0 Å². The summed E-state index contributed by atoms with van der Waals surface area (Å²) in [4.78, 5) is 22.9. The van der Waals surface area contributed by atoms with E-state index in [2.05, 4.69) is 10.6 Å².